The van der Waals surface area contributed by atoms with E-state index in [-0.39, 0.29) is 40.8 Å². The van der Waals surface area contributed by atoms with Gasteiger partial charge >= 0.3 is 0 Å². The average molecular weight is 407 g/mol. The third-order valence-corrected chi connectivity index (χ3v) is 5.04. The first-order valence-electron chi connectivity index (χ1n) is 9.24. The summed E-state index contributed by atoms with van der Waals surface area (Å²) in [6.07, 6.45) is -1.45. The van der Waals surface area contributed by atoms with Gasteiger partial charge in [0.2, 0.25) is 0 Å². The van der Waals surface area contributed by atoms with Crippen molar-refractivity contribution in [1.29, 1.82) is 0 Å². The zero-order valence-electron chi connectivity index (χ0n) is 15.8. The van der Waals surface area contributed by atoms with Crippen molar-refractivity contribution in [2.24, 2.45) is 5.92 Å². The van der Waals surface area contributed by atoms with Crippen LogP contribution in [-0.2, 0) is 6.61 Å². The molecule has 1 aliphatic rings. The molecule has 0 radical (unpaired) electrons. The number of carbonyl (C=O) groups is 1. The lowest BCUT2D eigenvalue weighted by atomic mass is 9.98. The summed E-state index contributed by atoms with van der Waals surface area (Å²) in [5, 5.41) is 12.3. The second kappa shape index (κ2) is 8.78. The molecule has 3 nitrogen and oxygen atoms in total. The number of aliphatic hydroxyl groups is 1. The second-order valence-corrected chi connectivity index (χ2v) is 7.24. The van der Waals surface area contributed by atoms with Crippen LogP contribution >= 0.6 is 0 Å². The van der Waals surface area contributed by atoms with Crippen molar-refractivity contribution in [3.05, 3.63) is 76.4 Å². The van der Waals surface area contributed by atoms with Crippen LogP contribution in [0.2, 0.25) is 0 Å². The Labute approximate surface area is 166 Å². The number of carbonyl (C=O) groups excluding carboxylic acids is 1. The van der Waals surface area contributed by atoms with Crippen molar-refractivity contribution < 1.29 is 27.5 Å². The van der Waals surface area contributed by atoms with Gasteiger partial charge in [0.05, 0.1) is 24.6 Å². The first kappa shape index (κ1) is 21.0. The highest BCUT2D eigenvalue weighted by atomic mass is 19.3. The predicted octanol–water partition coefficient (Wildman–Crippen LogP) is 5.08. The molecule has 1 amide bonds. The molecule has 2 N–H and O–H groups in total. The topological polar surface area (TPSA) is 49.3 Å². The van der Waals surface area contributed by atoms with Gasteiger partial charge in [-0.05, 0) is 72.2 Å². The summed E-state index contributed by atoms with van der Waals surface area (Å²) in [6.45, 7) is 1.15. The summed E-state index contributed by atoms with van der Waals surface area (Å²) in [5.74, 6) is -0.674. The quantitative estimate of drug-likeness (QED) is 0.629. The number of allylic oxidation sites excluding steroid dienone is 1. The molecule has 0 bridgehead atoms. The van der Waals surface area contributed by atoms with Crippen LogP contribution < -0.4 is 5.32 Å². The summed E-state index contributed by atoms with van der Waals surface area (Å²) in [4.78, 5) is 12.8. The van der Waals surface area contributed by atoms with Gasteiger partial charge in [0, 0.05) is 5.56 Å². The standard InChI is InChI=1S/C22H21F4NO2/c1-12-6-15(4-5-19(12)24)20(14-2-3-14)27-22(29)17-8-13(11-28)7-16(9-17)18(10-23)21(25)26/h4-10,14,20-21,28H,2-3,11H2,1H3,(H,27,29). The Bertz CT molecular complexity index is 938. The summed E-state index contributed by atoms with van der Waals surface area (Å²) >= 11 is 0. The van der Waals surface area contributed by atoms with Gasteiger partial charge in [0.15, 0.2) is 0 Å². The number of halogens is 4. The monoisotopic (exact) mass is 407 g/mol. The predicted molar refractivity (Wildman–Crippen MR) is 102 cm³/mol. The number of aryl methyl sites for hydroxylation is 1. The minimum atomic E-state index is -3.06. The first-order valence-corrected chi connectivity index (χ1v) is 9.24. The number of amides is 1. The van der Waals surface area contributed by atoms with Crippen LogP contribution in [0.4, 0.5) is 17.6 Å². The van der Waals surface area contributed by atoms with Crippen LogP contribution in [0.1, 0.15) is 51.5 Å². The Morgan fingerprint density at radius 2 is 1.90 bits per heavy atom. The zero-order chi connectivity index (χ0) is 21.1. The molecule has 1 fully saturated rings. The lowest BCUT2D eigenvalue weighted by Gasteiger charge is -2.20. The van der Waals surface area contributed by atoms with Gasteiger partial charge in [-0.25, -0.2) is 17.6 Å². The molecule has 0 aromatic heterocycles. The SMILES string of the molecule is Cc1cc(C(NC(=O)c2cc(CO)cc(C(=CF)C(F)F)c2)C2CC2)ccc1F. The van der Waals surface area contributed by atoms with Crippen LogP contribution in [0.25, 0.3) is 5.57 Å². The van der Waals surface area contributed by atoms with Crippen LogP contribution in [0, 0.1) is 18.7 Å². The Morgan fingerprint density at radius 3 is 2.45 bits per heavy atom. The normalized spacial score (nSPS) is 15.5. The van der Waals surface area contributed by atoms with Crippen LogP contribution in [0.15, 0.2) is 42.7 Å². The maximum absolute atomic E-state index is 13.6. The van der Waals surface area contributed by atoms with Gasteiger partial charge in [0.25, 0.3) is 12.3 Å². The average Bonchev–Trinajstić information content (AvgIpc) is 3.53. The highest BCUT2D eigenvalue weighted by molar-refractivity contribution is 5.95. The van der Waals surface area contributed by atoms with Crippen LogP contribution in [-0.4, -0.2) is 17.4 Å². The largest absolute Gasteiger partial charge is 0.392 e. The van der Waals surface area contributed by atoms with E-state index in [2.05, 4.69) is 5.32 Å². The molecule has 0 aliphatic heterocycles. The van der Waals surface area contributed by atoms with Gasteiger partial charge in [-0.1, -0.05) is 12.1 Å². The fourth-order valence-electron chi connectivity index (χ4n) is 3.31. The molecule has 0 heterocycles. The third kappa shape index (κ3) is 4.85. The minimum Gasteiger partial charge on any atom is -0.392 e. The minimum absolute atomic E-state index is 0.0380. The first-order chi connectivity index (χ1) is 13.8. The molecular formula is C22H21F4NO2. The Morgan fingerprint density at radius 1 is 1.21 bits per heavy atom. The van der Waals surface area contributed by atoms with E-state index in [0.717, 1.165) is 18.4 Å². The number of rotatable bonds is 7. The van der Waals surface area contributed by atoms with E-state index < -0.39 is 24.5 Å². The fraction of sp³-hybridized carbons (Fsp3) is 0.318. The summed E-state index contributed by atoms with van der Waals surface area (Å²) in [5.41, 5.74) is 0.447. The number of alkyl halides is 2. The van der Waals surface area contributed by atoms with E-state index in [0.29, 0.717) is 5.56 Å². The molecule has 1 saturated carbocycles. The lowest BCUT2D eigenvalue weighted by molar-refractivity contribution is 0.0931. The number of hydrogen-bond donors (Lipinski definition) is 2. The van der Waals surface area contributed by atoms with E-state index in [9.17, 15) is 27.5 Å². The van der Waals surface area contributed by atoms with Gasteiger partial charge in [0.1, 0.15) is 5.82 Å². The number of hydrogen-bond acceptors (Lipinski definition) is 2. The van der Waals surface area contributed by atoms with Crippen molar-refractivity contribution >= 4 is 11.5 Å². The molecular weight excluding hydrogens is 386 g/mol. The summed E-state index contributed by atoms with van der Waals surface area (Å²) in [7, 11) is 0. The third-order valence-electron chi connectivity index (χ3n) is 5.04. The maximum atomic E-state index is 13.6. The molecule has 1 aliphatic carbocycles. The highest BCUT2D eigenvalue weighted by Gasteiger charge is 2.34. The van der Waals surface area contributed by atoms with Crippen molar-refractivity contribution in [3.63, 3.8) is 0 Å². The lowest BCUT2D eigenvalue weighted by Crippen LogP contribution is -2.30. The van der Waals surface area contributed by atoms with Crippen molar-refractivity contribution in [3.8, 4) is 0 Å². The Balaban J connectivity index is 1.91. The van der Waals surface area contributed by atoms with Crippen molar-refractivity contribution in [2.75, 3.05) is 0 Å². The maximum Gasteiger partial charge on any atom is 0.266 e. The van der Waals surface area contributed by atoms with Gasteiger partial charge < -0.3 is 10.4 Å². The van der Waals surface area contributed by atoms with Gasteiger partial charge in [-0.2, -0.15) is 0 Å². The molecule has 29 heavy (non-hydrogen) atoms. The molecule has 1 unspecified atom stereocenters. The van der Waals surface area contributed by atoms with Crippen molar-refractivity contribution in [1.82, 2.24) is 5.32 Å². The molecule has 3 rings (SSSR count). The van der Waals surface area contributed by atoms with Crippen LogP contribution in [0.3, 0.4) is 0 Å². The molecule has 0 spiro atoms. The second-order valence-electron chi connectivity index (χ2n) is 7.24. The number of nitrogens with one attached hydrogen (secondary N) is 1. The Kier molecular flexibility index (Phi) is 6.37. The molecule has 0 saturated heterocycles. The molecule has 1 atom stereocenters. The smallest absolute Gasteiger partial charge is 0.266 e. The molecule has 2 aromatic rings. The van der Waals surface area contributed by atoms with Gasteiger partial charge in [-0.3, -0.25) is 4.79 Å². The van der Waals surface area contributed by atoms with Crippen LogP contribution in [0.5, 0.6) is 0 Å². The summed E-state index contributed by atoms with van der Waals surface area (Å²) < 4.78 is 52.7. The van der Waals surface area contributed by atoms with E-state index in [1.807, 2.05) is 0 Å². The number of benzene rings is 2. The summed E-state index contributed by atoms with van der Waals surface area (Å²) in [6, 6.07) is 8.05. The fourth-order valence-corrected chi connectivity index (χ4v) is 3.31. The zero-order valence-corrected chi connectivity index (χ0v) is 15.8. The van der Waals surface area contributed by atoms with E-state index in [1.54, 1.807) is 19.1 Å². The van der Waals surface area contributed by atoms with E-state index >= 15 is 0 Å². The highest BCUT2D eigenvalue weighted by Crippen LogP contribution is 2.41. The number of aliphatic hydroxyl groups excluding tert-OH is 1. The molecule has 154 valence electrons. The van der Waals surface area contributed by atoms with E-state index in [4.69, 9.17) is 0 Å². The molecule has 2 aromatic carbocycles. The molecule has 7 heteroatoms. The van der Waals surface area contributed by atoms with E-state index in [1.165, 1.54) is 24.3 Å². The van der Waals surface area contributed by atoms with Crippen molar-refractivity contribution in [2.45, 2.75) is 38.8 Å². The Hall–Kier alpha value is -2.67. The van der Waals surface area contributed by atoms with Gasteiger partial charge in [-0.15, -0.1) is 0 Å².